The van der Waals surface area contributed by atoms with Gasteiger partial charge >= 0.3 is 0 Å². The van der Waals surface area contributed by atoms with E-state index in [0.717, 1.165) is 18.6 Å². The van der Waals surface area contributed by atoms with Crippen LogP contribution in [0.2, 0.25) is 0 Å². The third-order valence-corrected chi connectivity index (χ3v) is 4.28. The molecule has 1 aliphatic rings. The van der Waals surface area contributed by atoms with Gasteiger partial charge in [0.1, 0.15) is 5.76 Å². The number of furan rings is 1. The van der Waals surface area contributed by atoms with Gasteiger partial charge in [-0.1, -0.05) is 19.3 Å². The normalized spacial score (nSPS) is 19.1. The second-order valence-electron chi connectivity index (χ2n) is 6.37. The Kier molecular flexibility index (Phi) is 6.46. The molecule has 2 unspecified atom stereocenters. The Balaban J connectivity index is 1.89. The molecule has 2 rings (SSSR count). The molecule has 0 spiro atoms. The monoisotopic (exact) mass is 308 g/mol. The highest BCUT2D eigenvalue weighted by Gasteiger charge is 2.24. The maximum Gasteiger partial charge on any atom is 0.234 e. The Bertz CT molecular complexity index is 439. The van der Waals surface area contributed by atoms with Crippen LogP contribution in [0.4, 0.5) is 0 Å². The van der Waals surface area contributed by atoms with Gasteiger partial charge in [0.05, 0.1) is 25.0 Å². The van der Waals surface area contributed by atoms with E-state index in [1.54, 1.807) is 13.2 Å². The number of nitrogens with zero attached hydrogens (tertiary/aromatic N) is 1. The fourth-order valence-electron chi connectivity index (χ4n) is 3.21. The number of amides is 1. The van der Waals surface area contributed by atoms with Crippen LogP contribution in [0, 0.1) is 0 Å². The van der Waals surface area contributed by atoms with Crippen LogP contribution in [0.15, 0.2) is 22.8 Å². The van der Waals surface area contributed by atoms with Crippen molar-refractivity contribution >= 4 is 5.91 Å². The molecule has 22 heavy (non-hydrogen) atoms. The van der Waals surface area contributed by atoms with Crippen LogP contribution in [0.3, 0.4) is 0 Å². The molecule has 1 heterocycles. The van der Waals surface area contributed by atoms with Gasteiger partial charge in [-0.2, -0.15) is 0 Å². The zero-order valence-electron chi connectivity index (χ0n) is 13.6. The third-order valence-electron chi connectivity index (χ3n) is 4.28. The van der Waals surface area contributed by atoms with E-state index in [4.69, 9.17) is 4.42 Å². The van der Waals surface area contributed by atoms with Gasteiger partial charge in [0.2, 0.25) is 5.91 Å². The van der Waals surface area contributed by atoms with Gasteiger partial charge in [-0.05, 0) is 38.8 Å². The molecule has 1 saturated carbocycles. The van der Waals surface area contributed by atoms with Crippen molar-refractivity contribution in [3.05, 3.63) is 24.2 Å². The van der Waals surface area contributed by atoms with Crippen molar-refractivity contribution in [2.24, 2.45) is 0 Å². The summed E-state index contributed by atoms with van der Waals surface area (Å²) in [6, 6.07) is 3.95. The first-order valence-electron chi connectivity index (χ1n) is 8.31. The quantitative estimate of drug-likeness (QED) is 0.812. The molecule has 5 nitrogen and oxygen atoms in total. The second kappa shape index (κ2) is 8.34. The van der Waals surface area contributed by atoms with Crippen LogP contribution >= 0.6 is 0 Å². The molecule has 0 aromatic carbocycles. The summed E-state index contributed by atoms with van der Waals surface area (Å²) in [5.41, 5.74) is 0. The van der Waals surface area contributed by atoms with E-state index >= 15 is 0 Å². The number of nitrogens with one attached hydrogen (secondary N) is 1. The highest BCUT2D eigenvalue weighted by Crippen LogP contribution is 2.22. The van der Waals surface area contributed by atoms with E-state index in [2.05, 4.69) is 10.2 Å². The van der Waals surface area contributed by atoms with Gasteiger partial charge in [0, 0.05) is 12.6 Å². The SMILES string of the molecule is CC(O)CN(CC(=O)NC(C)c1ccco1)C1CCCCC1. The highest BCUT2D eigenvalue weighted by atomic mass is 16.3. The number of carbonyl (C=O) groups excluding carboxylic acids is 1. The number of hydrogen-bond donors (Lipinski definition) is 2. The molecule has 2 N–H and O–H groups in total. The van der Waals surface area contributed by atoms with Crippen molar-refractivity contribution in [1.82, 2.24) is 10.2 Å². The highest BCUT2D eigenvalue weighted by molar-refractivity contribution is 5.78. The van der Waals surface area contributed by atoms with Crippen LogP contribution in [0.25, 0.3) is 0 Å². The molecule has 124 valence electrons. The van der Waals surface area contributed by atoms with Crippen LogP contribution in [-0.4, -0.2) is 41.1 Å². The molecule has 0 radical (unpaired) electrons. The van der Waals surface area contributed by atoms with Gasteiger partial charge < -0.3 is 14.8 Å². The summed E-state index contributed by atoms with van der Waals surface area (Å²) in [6.07, 6.45) is 7.14. The van der Waals surface area contributed by atoms with Crippen molar-refractivity contribution < 1.29 is 14.3 Å². The lowest BCUT2D eigenvalue weighted by molar-refractivity contribution is -0.124. The number of aliphatic hydroxyl groups excluding tert-OH is 1. The summed E-state index contributed by atoms with van der Waals surface area (Å²) in [7, 11) is 0. The van der Waals surface area contributed by atoms with E-state index < -0.39 is 6.10 Å². The lowest BCUT2D eigenvalue weighted by atomic mass is 9.94. The van der Waals surface area contributed by atoms with Gasteiger partial charge in [-0.25, -0.2) is 0 Å². The van der Waals surface area contributed by atoms with Crippen molar-refractivity contribution in [3.8, 4) is 0 Å². The molecule has 2 atom stereocenters. The van der Waals surface area contributed by atoms with E-state index in [1.165, 1.54) is 19.3 Å². The first-order valence-corrected chi connectivity index (χ1v) is 8.31. The largest absolute Gasteiger partial charge is 0.467 e. The van der Waals surface area contributed by atoms with E-state index in [-0.39, 0.29) is 11.9 Å². The Labute approximate surface area is 132 Å². The molecule has 0 bridgehead atoms. The standard InChI is InChI=1S/C17H28N2O3/c1-13(20)11-19(15-7-4-3-5-8-15)12-17(21)18-14(2)16-9-6-10-22-16/h6,9-10,13-15,20H,3-5,7-8,11-12H2,1-2H3,(H,18,21). The fourth-order valence-corrected chi connectivity index (χ4v) is 3.21. The summed E-state index contributed by atoms with van der Waals surface area (Å²) in [5, 5.41) is 12.7. The molecular weight excluding hydrogens is 280 g/mol. The molecule has 5 heteroatoms. The van der Waals surface area contributed by atoms with Gasteiger partial charge in [0.15, 0.2) is 0 Å². The molecule has 1 aromatic heterocycles. The Morgan fingerprint density at radius 1 is 1.41 bits per heavy atom. The van der Waals surface area contributed by atoms with Crippen LogP contribution in [0.1, 0.15) is 57.8 Å². The fraction of sp³-hybridized carbons (Fsp3) is 0.706. The number of hydrogen-bond acceptors (Lipinski definition) is 4. The van der Waals surface area contributed by atoms with Crippen molar-refractivity contribution in [2.45, 2.75) is 64.1 Å². The van der Waals surface area contributed by atoms with Gasteiger partial charge in [-0.15, -0.1) is 0 Å². The van der Waals surface area contributed by atoms with E-state index in [9.17, 15) is 9.90 Å². The Morgan fingerprint density at radius 3 is 2.73 bits per heavy atom. The minimum Gasteiger partial charge on any atom is -0.467 e. The third kappa shape index (κ3) is 5.14. The molecule has 1 amide bonds. The number of carbonyl (C=O) groups is 1. The summed E-state index contributed by atoms with van der Waals surface area (Å²) in [4.78, 5) is 14.4. The van der Waals surface area contributed by atoms with E-state index in [1.807, 2.05) is 19.1 Å². The van der Waals surface area contributed by atoms with Gasteiger partial charge in [-0.3, -0.25) is 9.69 Å². The predicted molar refractivity (Wildman–Crippen MR) is 85.4 cm³/mol. The average Bonchev–Trinajstić information content (AvgIpc) is 3.01. The topological polar surface area (TPSA) is 65.7 Å². The Hall–Kier alpha value is -1.33. The summed E-state index contributed by atoms with van der Waals surface area (Å²) in [6.45, 7) is 4.57. The molecule has 0 saturated heterocycles. The summed E-state index contributed by atoms with van der Waals surface area (Å²) >= 11 is 0. The smallest absolute Gasteiger partial charge is 0.234 e. The molecule has 1 aromatic rings. The first kappa shape index (κ1) is 17.0. The molecule has 1 fully saturated rings. The summed E-state index contributed by atoms with van der Waals surface area (Å²) in [5.74, 6) is 0.739. The number of aliphatic hydroxyl groups is 1. The minimum absolute atomic E-state index is 0.0184. The molecule has 1 aliphatic carbocycles. The first-order chi connectivity index (χ1) is 10.6. The van der Waals surface area contributed by atoms with Gasteiger partial charge in [0.25, 0.3) is 0 Å². The molecule has 0 aliphatic heterocycles. The van der Waals surface area contributed by atoms with E-state index in [0.29, 0.717) is 19.1 Å². The maximum absolute atomic E-state index is 12.3. The zero-order valence-corrected chi connectivity index (χ0v) is 13.6. The van der Waals surface area contributed by atoms with Crippen molar-refractivity contribution in [3.63, 3.8) is 0 Å². The number of rotatable bonds is 7. The average molecular weight is 308 g/mol. The van der Waals surface area contributed by atoms with Crippen molar-refractivity contribution in [1.29, 1.82) is 0 Å². The second-order valence-corrected chi connectivity index (χ2v) is 6.37. The maximum atomic E-state index is 12.3. The van der Waals surface area contributed by atoms with Crippen LogP contribution in [-0.2, 0) is 4.79 Å². The lowest BCUT2D eigenvalue weighted by Crippen LogP contribution is -2.46. The Morgan fingerprint density at radius 2 is 2.14 bits per heavy atom. The zero-order chi connectivity index (χ0) is 15.9. The predicted octanol–water partition coefficient (Wildman–Crippen LogP) is 2.47. The van der Waals surface area contributed by atoms with Crippen molar-refractivity contribution in [2.75, 3.05) is 13.1 Å². The van der Waals surface area contributed by atoms with Crippen LogP contribution < -0.4 is 5.32 Å². The van der Waals surface area contributed by atoms with Crippen LogP contribution in [0.5, 0.6) is 0 Å². The molecular formula is C17H28N2O3. The summed E-state index contributed by atoms with van der Waals surface area (Å²) < 4.78 is 5.31. The minimum atomic E-state index is -0.419. The lowest BCUT2D eigenvalue weighted by Gasteiger charge is -2.34.